The van der Waals surface area contributed by atoms with Crippen molar-refractivity contribution in [3.05, 3.63) is 0 Å². The van der Waals surface area contributed by atoms with Crippen molar-refractivity contribution in [2.24, 2.45) is 11.8 Å². The first-order chi connectivity index (χ1) is 8.95. The van der Waals surface area contributed by atoms with E-state index in [1.807, 2.05) is 0 Å². The molecule has 2 nitrogen and oxygen atoms in total. The van der Waals surface area contributed by atoms with Gasteiger partial charge in [0.15, 0.2) is 0 Å². The predicted octanol–water partition coefficient (Wildman–Crippen LogP) is 3.91. The van der Waals surface area contributed by atoms with Crippen molar-refractivity contribution < 1.29 is 0 Å². The van der Waals surface area contributed by atoms with Gasteiger partial charge in [0.1, 0.15) is 0 Å². The number of nitrogens with zero attached hydrogens (tertiary/aromatic N) is 1. The Kier molecular flexibility index (Phi) is 7.38. The maximum Gasteiger partial charge on any atom is 0.0221 e. The fourth-order valence-electron chi connectivity index (χ4n) is 3.18. The smallest absolute Gasteiger partial charge is 0.0221 e. The number of hydrogen-bond donors (Lipinski definition) is 1. The second-order valence-corrected chi connectivity index (χ2v) is 7.12. The van der Waals surface area contributed by atoms with E-state index in [0.29, 0.717) is 12.1 Å². The Hall–Kier alpha value is -0.0800. The van der Waals surface area contributed by atoms with Crippen LogP contribution in [0.4, 0.5) is 0 Å². The van der Waals surface area contributed by atoms with Crippen molar-refractivity contribution in [2.45, 2.75) is 85.4 Å². The second-order valence-electron chi connectivity index (χ2n) is 7.12. The van der Waals surface area contributed by atoms with Gasteiger partial charge in [-0.1, -0.05) is 47.0 Å². The molecule has 0 aromatic carbocycles. The first-order valence-electron chi connectivity index (χ1n) is 8.44. The van der Waals surface area contributed by atoms with Gasteiger partial charge in [-0.25, -0.2) is 0 Å². The van der Waals surface area contributed by atoms with Crippen LogP contribution in [0.5, 0.6) is 0 Å². The number of rotatable bonds is 7. The molecule has 1 saturated heterocycles. The summed E-state index contributed by atoms with van der Waals surface area (Å²) >= 11 is 0. The molecular formula is C17H36N2. The van der Waals surface area contributed by atoms with Crippen LogP contribution < -0.4 is 5.32 Å². The minimum Gasteiger partial charge on any atom is -0.311 e. The summed E-state index contributed by atoms with van der Waals surface area (Å²) in [5, 5.41) is 3.74. The van der Waals surface area contributed by atoms with Gasteiger partial charge in [0.2, 0.25) is 0 Å². The lowest BCUT2D eigenvalue weighted by Crippen LogP contribution is -2.59. The summed E-state index contributed by atoms with van der Waals surface area (Å²) < 4.78 is 0. The Balaban J connectivity index is 2.44. The first kappa shape index (κ1) is 17.0. The molecule has 2 heteroatoms. The maximum absolute atomic E-state index is 3.74. The Morgan fingerprint density at radius 1 is 1.16 bits per heavy atom. The van der Waals surface area contributed by atoms with Gasteiger partial charge >= 0.3 is 0 Å². The molecular weight excluding hydrogens is 232 g/mol. The highest BCUT2D eigenvalue weighted by atomic mass is 15.2. The molecule has 0 aromatic heterocycles. The number of hydrogen-bond acceptors (Lipinski definition) is 2. The van der Waals surface area contributed by atoms with Crippen molar-refractivity contribution in [1.29, 1.82) is 0 Å². The van der Waals surface area contributed by atoms with E-state index in [1.54, 1.807) is 0 Å². The molecule has 1 rings (SSSR count). The molecule has 19 heavy (non-hydrogen) atoms. The SMILES string of the molecule is CCC(C)C1CN(C(C)CCCC(C)C)C(C)CN1. The van der Waals surface area contributed by atoms with E-state index in [4.69, 9.17) is 0 Å². The Morgan fingerprint density at radius 2 is 1.84 bits per heavy atom. The van der Waals surface area contributed by atoms with Crippen molar-refractivity contribution in [1.82, 2.24) is 10.2 Å². The van der Waals surface area contributed by atoms with E-state index in [-0.39, 0.29) is 0 Å². The summed E-state index contributed by atoms with van der Waals surface area (Å²) in [5.41, 5.74) is 0. The molecule has 1 heterocycles. The van der Waals surface area contributed by atoms with Gasteiger partial charge in [0, 0.05) is 31.2 Å². The van der Waals surface area contributed by atoms with Gasteiger partial charge in [-0.15, -0.1) is 0 Å². The molecule has 0 spiro atoms. The van der Waals surface area contributed by atoms with Crippen LogP contribution in [0.1, 0.15) is 67.2 Å². The molecule has 4 unspecified atom stereocenters. The highest BCUT2D eigenvalue weighted by Crippen LogP contribution is 2.20. The fourth-order valence-corrected chi connectivity index (χ4v) is 3.18. The summed E-state index contributed by atoms with van der Waals surface area (Å²) in [6.45, 7) is 16.5. The molecule has 1 aliphatic heterocycles. The van der Waals surface area contributed by atoms with Gasteiger partial charge in [-0.2, -0.15) is 0 Å². The largest absolute Gasteiger partial charge is 0.311 e. The summed E-state index contributed by atoms with van der Waals surface area (Å²) in [6.07, 6.45) is 5.39. The van der Waals surface area contributed by atoms with Crippen LogP contribution in [0.15, 0.2) is 0 Å². The van der Waals surface area contributed by atoms with E-state index < -0.39 is 0 Å². The van der Waals surface area contributed by atoms with Crippen LogP contribution in [-0.2, 0) is 0 Å². The topological polar surface area (TPSA) is 15.3 Å². The monoisotopic (exact) mass is 268 g/mol. The Labute approximate surface area is 121 Å². The van der Waals surface area contributed by atoms with Crippen LogP contribution in [0.3, 0.4) is 0 Å². The third kappa shape index (κ3) is 5.43. The molecule has 1 fully saturated rings. The van der Waals surface area contributed by atoms with Crippen molar-refractivity contribution in [3.63, 3.8) is 0 Å². The quantitative estimate of drug-likeness (QED) is 0.753. The molecule has 0 amide bonds. The van der Waals surface area contributed by atoms with Crippen LogP contribution in [0.25, 0.3) is 0 Å². The van der Waals surface area contributed by atoms with Crippen molar-refractivity contribution >= 4 is 0 Å². The fraction of sp³-hybridized carbons (Fsp3) is 1.00. The summed E-state index contributed by atoms with van der Waals surface area (Å²) in [5.74, 6) is 1.64. The minimum atomic E-state index is 0.689. The predicted molar refractivity (Wildman–Crippen MR) is 85.6 cm³/mol. The van der Waals surface area contributed by atoms with E-state index in [9.17, 15) is 0 Å². The summed E-state index contributed by atoms with van der Waals surface area (Å²) in [4.78, 5) is 2.74. The number of nitrogens with one attached hydrogen (secondary N) is 1. The van der Waals surface area contributed by atoms with Crippen LogP contribution in [0.2, 0.25) is 0 Å². The lowest BCUT2D eigenvalue weighted by molar-refractivity contribution is 0.0768. The van der Waals surface area contributed by atoms with E-state index >= 15 is 0 Å². The Morgan fingerprint density at radius 3 is 2.42 bits per heavy atom. The van der Waals surface area contributed by atoms with Gasteiger partial charge in [0.25, 0.3) is 0 Å². The van der Waals surface area contributed by atoms with Gasteiger partial charge in [0.05, 0.1) is 0 Å². The zero-order valence-corrected chi connectivity index (χ0v) is 14.1. The second kappa shape index (κ2) is 8.26. The highest BCUT2D eigenvalue weighted by Gasteiger charge is 2.30. The van der Waals surface area contributed by atoms with Crippen molar-refractivity contribution in [2.75, 3.05) is 13.1 Å². The van der Waals surface area contributed by atoms with Gasteiger partial charge < -0.3 is 5.32 Å². The average Bonchev–Trinajstić information content (AvgIpc) is 2.37. The zero-order chi connectivity index (χ0) is 14.4. The standard InChI is InChI=1S/C17H36N2/c1-7-14(4)17-12-19(16(6)11-18-17)15(5)10-8-9-13(2)3/h13-18H,7-12H2,1-6H3. The molecule has 114 valence electrons. The van der Waals surface area contributed by atoms with Gasteiger partial charge in [-0.05, 0) is 32.1 Å². The molecule has 0 bridgehead atoms. The van der Waals surface area contributed by atoms with E-state index in [0.717, 1.165) is 24.4 Å². The first-order valence-corrected chi connectivity index (χ1v) is 8.44. The van der Waals surface area contributed by atoms with E-state index in [2.05, 4.69) is 51.8 Å². The van der Waals surface area contributed by atoms with E-state index in [1.165, 1.54) is 32.2 Å². The number of piperazine rings is 1. The summed E-state index contributed by atoms with van der Waals surface area (Å²) in [7, 11) is 0. The molecule has 0 aliphatic carbocycles. The Bertz CT molecular complexity index is 239. The molecule has 1 N–H and O–H groups in total. The molecule has 0 aromatic rings. The lowest BCUT2D eigenvalue weighted by Gasteiger charge is -2.44. The minimum absolute atomic E-state index is 0.689. The third-order valence-electron chi connectivity index (χ3n) is 4.95. The summed E-state index contributed by atoms with van der Waals surface area (Å²) in [6, 6.07) is 2.12. The van der Waals surface area contributed by atoms with Gasteiger partial charge in [-0.3, -0.25) is 4.90 Å². The molecule has 0 saturated carbocycles. The maximum atomic E-state index is 3.74. The molecule has 0 radical (unpaired) electrons. The molecule has 4 atom stereocenters. The lowest BCUT2D eigenvalue weighted by atomic mass is 9.94. The molecule has 1 aliphatic rings. The van der Waals surface area contributed by atoms with Crippen LogP contribution in [-0.4, -0.2) is 36.1 Å². The normalized spacial score (nSPS) is 28.6. The van der Waals surface area contributed by atoms with Crippen LogP contribution in [0, 0.1) is 11.8 Å². The average molecular weight is 268 g/mol. The third-order valence-corrected chi connectivity index (χ3v) is 4.95. The highest BCUT2D eigenvalue weighted by molar-refractivity contribution is 4.88. The van der Waals surface area contributed by atoms with Crippen molar-refractivity contribution in [3.8, 4) is 0 Å². The zero-order valence-electron chi connectivity index (χ0n) is 14.1. The van der Waals surface area contributed by atoms with Crippen LogP contribution >= 0.6 is 0 Å².